The molecular formula is C14H19IO2. The van der Waals surface area contributed by atoms with Gasteiger partial charge in [0.25, 0.3) is 0 Å². The Bertz CT molecular complexity index is 357. The van der Waals surface area contributed by atoms with Crippen LogP contribution in [0.15, 0.2) is 36.9 Å². The number of rotatable bonds is 6. The summed E-state index contributed by atoms with van der Waals surface area (Å²) in [4.78, 5) is 0. The van der Waals surface area contributed by atoms with Crippen LogP contribution in [0.4, 0.5) is 0 Å². The van der Waals surface area contributed by atoms with E-state index < -0.39 is 0 Å². The molecule has 0 aliphatic carbocycles. The molecule has 2 nitrogen and oxygen atoms in total. The lowest BCUT2D eigenvalue weighted by Gasteiger charge is -2.27. The maximum absolute atomic E-state index is 6.03. The molecular weight excluding hydrogens is 327 g/mol. The van der Waals surface area contributed by atoms with Gasteiger partial charge in [-0.05, 0) is 31.5 Å². The molecule has 0 amide bonds. The molecule has 17 heavy (non-hydrogen) atoms. The van der Waals surface area contributed by atoms with Crippen LogP contribution in [0.2, 0.25) is 0 Å². The van der Waals surface area contributed by atoms with Crippen LogP contribution in [0.3, 0.4) is 0 Å². The summed E-state index contributed by atoms with van der Waals surface area (Å²) in [6.07, 6.45) is 1.91. The SMILES string of the molecule is C=CC(C)(C)OC(CI)c1ccc(OC)cc1. The number of methoxy groups -OCH3 is 1. The molecule has 1 rings (SSSR count). The fourth-order valence-corrected chi connectivity index (χ4v) is 2.11. The highest BCUT2D eigenvalue weighted by molar-refractivity contribution is 14.1. The van der Waals surface area contributed by atoms with Gasteiger partial charge >= 0.3 is 0 Å². The molecule has 0 fully saturated rings. The van der Waals surface area contributed by atoms with Gasteiger partial charge in [-0.15, -0.1) is 6.58 Å². The first kappa shape index (κ1) is 14.5. The van der Waals surface area contributed by atoms with Gasteiger partial charge in [-0.25, -0.2) is 0 Å². The first-order valence-corrected chi connectivity index (χ1v) is 7.06. The van der Waals surface area contributed by atoms with Crippen LogP contribution in [-0.2, 0) is 4.74 Å². The number of hydrogen-bond acceptors (Lipinski definition) is 2. The lowest BCUT2D eigenvalue weighted by atomic mass is 10.1. The van der Waals surface area contributed by atoms with Crippen molar-refractivity contribution < 1.29 is 9.47 Å². The van der Waals surface area contributed by atoms with Gasteiger partial charge in [0.15, 0.2) is 0 Å². The highest BCUT2D eigenvalue weighted by atomic mass is 127. The molecule has 0 heterocycles. The predicted octanol–water partition coefficient (Wildman–Crippen LogP) is 4.15. The van der Waals surface area contributed by atoms with E-state index in [2.05, 4.69) is 29.2 Å². The average molecular weight is 346 g/mol. The van der Waals surface area contributed by atoms with Crippen LogP contribution in [-0.4, -0.2) is 17.1 Å². The highest BCUT2D eigenvalue weighted by Crippen LogP contribution is 2.27. The van der Waals surface area contributed by atoms with Crippen LogP contribution >= 0.6 is 22.6 Å². The first-order valence-electron chi connectivity index (χ1n) is 5.53. The summed E-state index contributed by atoms with van der Waals surface area (Å²) in [5.74, 6) is 0.865. The Morgan fingerprint density at radius 1 is 1.35 bits per heavy atom. The largest absolute Gasteiger partial charge is 0.497 e. The van der Waals surface area contributed by atoms with Gasteiger partial charge in [-0.1, -0.05) is 40.8 Å². The zero-order valence-electron chi connectivity index (χ0n) is 10.6. The average Bonchev–Trinajstić information content (AvgIpc) is 2.36. The molecule has 0 N–H and O–H groups in total. The summed E-state index contributed by atoms with van der Waals surface area (Å²) < 4.78 is 12.1. The molecule has 0 aliphatic heterocycles. The van der Waals surface area contributed by atoms with Gasteiger partial charge in [-0.3, -0.25) is 0 Å². The first-order chi connectivity index (χ1) is 8.02. The van der Waals surface area contributed by atoms with E-state index in [1.165, 1.54) is 0 Å². The van der Waals surface area contributed by atoms with Crippen molar-refractivity contribution in [2.45, 2.75) is 25.6 Å². The van der Waals surface area contributed by atoms with Gasteiger partial charge in [-0.2, -0.15) is 0 Å². The van der Waals surface area contributed by atoms with Gasteiger partial charge < -0.3 is 9.47 Å². The van der Waals surface area contributed by atoms with Crippen LogP contribution in [0.25, 0.3) is 0 Å². The lowest BCUT2D eigenvalue weighted by molar-refractivity contribution is -0.0295. The zero-order valence-corrected chi connectivity index (χ0v) is 12.7. The summed E-state index contributed by atoms with van der Waals surface area (Å²) in [7, 11) is 1.67. The second-order valence-electron chi connectivity index (χ2n) is 4.34. The zero-order chi connectivity index (χ0) is 12.9. The monoisotopic (exact) mass is 346 g/mol. The molecule has 3 heteroatoms. The van der Waals surface area contributed by atoms with Crippen molar-refractivity contribution in [3.8, 4) is 5.75 Å². The fourth-order valence-electron chi connectivity index (χ4n) is 1.42. The maximum atomic E-state index is 6.03. The molecule has 0 aromatic heterocycles. The van der Waals surface area contributed by atoms with Crippen molar-refractivity contribution in [3.05, 3.63) is 42.5 Å². The molecule has 1 atom stereocenters. The molecule has 94 valence electrons. The maximum Gasteiger partial charge on any atom is 0.118 e. The number of ether oxygens (including phenoxy) is 2. The smallest absolute Gasteiger partial charge is 0.118 e. The summed E-state index contributed by atoms with van der Waals surface area (Å²) in [5, 5.41) is 0. The second-order valence-corrected chi connectivity index (χ2v) is 5.22. The Kier molecular flexibility index (Phi) is 5.46. The standard InChI is InChI=1S/C14H19IO2/c1-5-14(2,3)17-13(10-15)11-6-8-12(16-4)9-7-11/h5-9,13H,1,10H2,2-4H3. The van der Waals surface area contributed by atoms with Crippen molar-refractivity contribution >= 4 is 22.6 Å². The summed E-state index contributed by atoms with van der Waals surface area (Å²) in [6.45, 7) is 7.83. The van der Waals surface area contributed by atoms with E-state index in [1.54, 1.807) is 7.11 Å². The third kappa shape index (κ3) is 4.32. The van der Waals surface area contributed by atoms with E-state index in [0.717, 1.165) is 15.7 Å². The minimum atomic E-state index is -0.310. The Morgan fingerprint density at radius 2 is 1.94 bits per heavy atom. The van der Waals surface area contributed by atoms with Crippen LogP contribution in [0, 0.1) is 0 Å². The van der Waals surface area contributed by atoms with Crippen molar-refractivity contribution in [3.63, 3.8) is 0 Å². The van der Waals surface area contributed by atoms with Crippen molar-refractivity contribution in [2.75, 3.05) is 11.5 Å². The normalized spacial score (nSPS) is 13.2. The molecule has 0 saturated heterocycles. The van der Waals surface area contributed by atoms with Gasteiger partial charge in [0, 0.05) is 4.43 Å². The molecule has 0 radical (unpaired) electrons. The number of alkyl halides is 1. The highest BCUT2D eigenvalue weighted by Gasteiger charge is 2.21. The van der Waals surface area contributed by atoms with Gasteiger partial charge in [0.1, 0.15) is 5.75 Å². The Morgan fingerprint density at radius 3 is 2.35 bits per heavy atom. The molecule has 0 aliphatic rings. The van der Waals surface area contributed by atoms with E-state index in [-0.39, 0.29) is 11.7 Å². The van der Waals surface area contributed by atoms with Crippen LogP contribution < -0.4 is 4.74 Å². The third-order valence-corrected chi connectivity index (χ3v) is 3.37. The summed E-state index contributed by atoms with van der Waals surface area (Å²) >= 11 is 2.34. The van der Waals surface area contributed by atoms with Gasteiger partial charge in [0.05, 0.1) is 18.8 Å². The lowest BCUT2D eigenvalue weighted by Crippen LogP contribution is -2.24. The summed E-state index contributed by atoms with van der Waals surface area (Å²) in [5.41, 5.74) is 0.852. The van der Waals surface area contributed by atoms with E-state index in [9.17, 15) is 0 Å². The van der Waals surface area contributed by atoms with E-state index in [1.807, 2.05) is 44.2 Å². The Labute approximate surface area is 117 Å². The van der Waals surface area contributed by atoms with Gasteiger partial charge in [0.2, 0.25) is 0 Å². The quantitative estimate of drug-likeness (QED) is 0.438. The number of halogens is 1. The molecule has 1 unspecified atom stereocenters. The molecule has 0 bridgehead atoms. The van der Waals surface area contributed by atoms with E-state index in [4.69, 9.17) is 9.47 Å². The van der Waals surface area contributed by atoms with Crippen LogP contribution in [0.5, 0.6) is 5.75 Å². The third-order valence-electron chi connectivity index (χ3n) is 2.57. The molecule has 1 aromatic carbocycles. The topological polar surface area (TPSA) is 18.5 Å². The summed E-state index contributed by atoms with van der Waals surface area (Å²) in [6, 6.07) is 8.00. The Balaban J connectivity index is 2.82. The second kappa shape index (κ2) is 6.40. The van der Waals surface area contributed by atoms with E-state index >= 15 is 0 Å². The van der Waals surface area contributed by atoms with Crippen molar-refractivity contribution in [1.29, 1.82) is 0 Å². The molecule has 1 aromatic rings. The van der Waals surface area contributed by atoms with E-state index in [0.29, 0.717) is 0 Å². The van der Waals surface area contributed by atoms with Crippen LogP contribution in [0.1, 0.15) is 25.5 Å². The van der Waals surface area contributed by atoms with Crippen molar-refractivity contribution in [1.82, 2.24) is 0 Å². The minimum Gasteiger partial charge on any atom is -0.497 e. The number of hydrogen-bond donors (Lipinski definition) is 0. The minimum absolute atomic E-state index is 0.0782. The number of benzene rings is 1. The van der Waals surface area contributed by atoms with Crippen molar-refractivity contribution in [2.24, 2.45) is 0 Å². The fraction of sp³-hybridized carbons (Fsp3) is 0.429. The Hall–Kier alpha value is -0.550. The predicted molar refractivity (Wildman–Crippen MR) is 80.0 cm³/mol. The molecule has 0 saturated carbocycles. The molecule has 0 spiro atoms.